The Morgan fingerprint density at radius 3 is 2.52 bits per heavy atom. The first kappa shape index (κ1) is 19.2. The van der Waals surface area contributed by atoms with Gasteiger partial charge in [-0.05, 0) is 48.9 Å². The van der Waals surface area contributed by atoms with Crippen molar-refractivity contribution in [1.29, 1.82) is 0 Å². The zero-order chi connectivity index (χ0) is 18.3. The van der Waals surface area contributed by atoms with Crippen LogP contribution in [0.5, 0.6) is 0 Å². The number of halogens is 1. The Bertz CT molecular complexity index is 823. The van der Waals surface area contributed by atoms with Crippen LogP contribution in [0, 0.1) is 0 Å². The molecule has 2 rings (SSSR count). The summed E-state index contributed by atoms with van der Waals surface area (Å²) in [5.41, 5.74) is 0.756. The fourth-order valence-corrected chi connectivity index (χ4v) is 3.31. The van der Waals surface area contributed by atoms with Crippen LogP contribution in [0.2, 0.25) is 5.02 Å². The minimum atomic E-state index is -3.75. The highest BCUT2D eigenvalue weighted by atomic mass is 35.5. The van der Waals surface area contributed by atoms with E-state index in [1.807, 2.05) is 0 Å². The topological polar surface area (TPSA) is 84.5 Å². The minimum Gasteiger partial charge on any atom is -0.385 e. The molecule has 0 unspecified atom stereocenters. The average Bonchev–Trinajstić information content (AvgIpc) is 2.58. The van der Waals surface area contributed by atoms with Gasteiger partial charge in [0.2, 0.25) is 0 Å². The summed E-state index contributed by atoms with van der Waals surface area (Å²) in [6, 6.07) is 12.1. The summed E-state index contributed by atoms with van der Waals surface area (Å²) in [5, 5.41) is 3.17. The Morgan fingerprint density at radius 1 is 1.16 bits per heavy atom. The Balaban J connectivity index is 2.04. The SMILES string of the molecule is COCCCNC(=O)c1ccc(S(=O)(=O)Nc2cccc(Cl)c2)cc1. The molecule has 0 spiro atoms. The Hall–Kier alpha value is -2.09. The Labute approximate surface area is 152 Å². The van der Waals surface area contributed by atoms with Gasteiger partial charge in [0.15, 0.2) is 0 Å². The van der Waals surface area contributed by atoms with Crippen LogP contribution in [-0.4, -0.2) is 34.6 Å². The highest BCUT2D eigenvalue weighted by molar-refractivity contribution is 7.92. The maximum atomic E-state index is 12.4. The Morgan fingerprint density at radius 2 is 1.88 bits per heavy atom. The molecular formula is C17H19ClN2O4S. The molecule has 6 nitrogen and oxygen atoms in total. The third-order valence-corrected chi connectivity index (χ3v) is 4.95. The van der Waals surface area contributed by atoms with Gasteiger partial charge >= 0.3 is 0 Å². The highest BCUT2D eigenvalue weighted by Gasteiger charge is 2.15. The number of rotatable bonds is 8. The molecular weight excluding hydrogens is 364 g/mol. The largest absolute Gasteiger partial charge is 0.385 e. The number of hydrogen-bond acceptors (Lipinski definition) is 4. The van der Waals surface area contributed by atoms with Gasteiger partial charge in [0, 0.05) is 30.8 Å². The summed E-state index contributed by atoms with van der Waals surface area (Å²) < 4.78 is 32.1. The van der Waals surface area contributed by atoms with E-state index in [0.29, 0.717) is 35.8 Å². The van der Waals surface area contributed by atoms with Crippen LogP contribution >= 0.6 is 11.6 Å². The number of carbonyl (C=O) groups is 1. The van der Waals surface area contributed by atoms with Crippen molar-refractivity contribution in [3.63, 3.8) is 0 Å². The molecule has 0 atom stereocenters. The molecule has 2 aromatic carbocycles. The van der Waals surface area contributed by atoms with E-state index in [1.165, 1.54) is 30.3 Å². The molecule has 1 amide bonds. The number of benzene rings is 2. The van der Waals surface area contributed by atoms with Crippen molar-refractivity contribution in [3.05, 3.63) is 59.1 Å². The maximum absolute atomic E-state index is 12.4. The lowest BCUT2D eigenvalue weighted by molar-refractivity contribution is 0.0948. The van der Waals surface area contributed by atoms with E-state index in [1.54, 1.807) is 25.3 Å². The summed E-state index contributed by atoms with van der Waals surface area (Å²) in [6.45, 7) is 1.05. The average molecular weight is 383 g/mol. The molecule has 0 aliphatic rings. The Kier molecular flexibility index (Phi) is 6.81. The second-order valence-corrected chi connectivity index (χ2v) is 7.36. The zero-order valence-corrected chi connectivity index (χ0v) is 15.2. The van der Waals surface area contributed by atoms with Gasteiger partial charge in [-0.25, -0.2) is 8.42 Å². The predicted molar refractivity (Wildman–Crippen MR) is 97.5 cm³/mol. The van der Waals surface area contributed by atoms with Gasteiger partial charge in [-0.15, -0.1) is 0 Å². The van der Waals surface area contributed by atoms with E-state index >= 15 is 0 Å². The van der Waals surface area contributed by atoms with E-state index in [9.17, 15) is 13.2 Å². The number of hydrogen-bond donors (Lipinski definition) is 2. The lowest BCUT2D eigenvalue weighted by Gasteiger charge is -2.09. The van der Waals surface area contributed by atoms with Gasteiger partial charge in [0.1, 0.15) is 0 Å². The molecule has 8 heteroatoms. The first-order valence-corrected chi connectivity index (χ1v) is 9.44. The molecule has 134 valence electrons. The van der Waals surface area contributed by atoms with Crippen molar-refractivity contribution in [3.8, 4) is 0 Å². The van der Waals surface area contributed by atoms with Gasteiger partial charge in [0.25, 0.3) is 15.9 Å². The van der Waals surface area contributed by atoms with Crippen LogP contribution in [0.25, 0.3) is 0 Å². The van der Waals surface area contributed by atoms with Crippen LogP contribution < -0.4 is 10.0 Å². The number of anilines is 1. The normalized spacial score (nSPS) is 11.1. The monoisotopic (exact) mass is 382 g/mol. The number of carbonyl (C=O) groups excluding carboxylic acids is 1. The molecule has 25 heavy (non-hydrogen) atoms. The standard InChI is InChI=1S/C17H19ClN2O4S/c1-24-11-3-10-19-17(21)13-6-8-16(9-7-13)25(22,23)20-15-5-2-4-14(18)12-15/h2,4-9,12,20H,3,10-11H2,1H3,(H,19,21). The summed E-state index contributed by atoms with van der Waals surface area (Å²) in [5.74, 6) is -0.261. The van der Waals surface area contributed by atoms with Gasteiger partial charge in [-0.2, -0.15) is 0 Å². The zero-order valence-electron chi connectivity index (χ0n) is 13.7. The van der Waals surface area contributed by atoms with Gasteiger partial charge < -0.3 is 10.1 Å². The van der Waals surface area contributed by atoms with Crippen LogP contribution in [-0.2, 0) is 14.8 Å². The molecule has 0 radical (unpaired) electrons. The molecule has 0 saturated heterocycles. The highest BCUT2D eigenvalue weighted by Crippen LogP contribution is 2.19. The predicted octanol–water partition coefficient (Wildman–Crippen LogP) is 2.91. The lowest BCUT2D eigenvalue weighted by Crippen LogP contribution is -2.25. The number of methoxy groups -OCH3 is 1. The van der Waals surface area contributed by atoms with Crippen molar-refractivity contribution in [2.75, 3.05) is 25.0 Å². The number of ether oxygens (including phenoxy) is 1. The molecule has 0 fully saturated rings. The fraction of sp³-hybridized carbons (Fsp3) is 0.235. The van der Waals surface area contributed by atoms with Crippen molar-refractivity contribution in [2.24, 2.45) is 0 Å². The molecule has 2 aromatic rings. The smallest absolute Gasteiger partial charge is 0.261 e. The second-order valence-electron chi connectivity index (χ2n) is 5.24. The van der Waals surface area contributed by atoms with Gasteiger partial charge in [0.05, 0.1) is 10.6 Å². The molecule has 2 N–H and O–H groups in total. The quantitative estimate of drug-likeness (QED) is 0.687. The number of sulfonamides is 1. The van der Waals surface area contributed by atoms with E-state index in [4.69, 9.17) is 16.3 Å². The first-order valence-electron chi connectivity index (χ1n) is 7.58. The van der Waals surface area contributed by atoms with Crippen LogP contribution in [0.3, 0.4) is 0 Å². The second kappa shape index (κ2) is 8.84. The van der Waals surface area contributed by atoms with E-state index < -0.39 is 10.0 Å². The third kappa shape index (κ3) is 5.74. The van der Waals surface area contributed by atoms with E-state index in [0.717, 1.165) is 0 Å². The van der Waals surface area contributed by atoms with Crippen LogP contribution in [0.4, 0.5) is 5.69 Å². The first-order chi connectivity index (χ1) is 11.9. The van der Waals surface area contributed by atoms with Gasteiger partial charge in [-0.3, -0.25) is 9.52 Å². The van der Waals surface area contributed by atoms with E-state index in [-0.39, 0.29) is 10.8 Å². The van der Waals surface area contributed by atoms with Crippen molar-refractivity contribution < 1.29 is 17.9 Å². The molecule has 0 aliphatic heterocycles. The van der Waals surface area contributed by atoms with Crippen LogP contribution in [0.15, 0.2) is 53.4 Å². The minimum absolute atomic E-state index is 0.0587. The van der Waals surface area contributed by atoms with Crippen molar-refractivity contribution in [2.45, 2.75) is 11.3 Å². The molecule has 0 saturated carbocycles. The molecule has 0 heterocycles. The number of amides is 1. The third-order valence-electron chi connectivity index (χ3n) is 3.31. The van der Waals surface area contributed by atoms with Crippen molar-refractivity contribution in [1.82, 2.24) is 5.32 Å². The summed E-state index contributed by atoms with van der Waals surface area (Å²) in [4.78, 5) is 12.0. The molecule has 0 aromatic heterocycles. The summed E-state index contributed by atoms with van der Waals surface area (Å²) >= 11 is 5.85. The number of nitrogens with one attached hydrogen (secondary N) is 2. The summed E-state index contributed by atoms with van der Waals surface area (Å²) in [7, 11) is -2.16. The van der Waals surface area contributed by atoms with Gasteiger partial charge in [-0.1, -0.05) is 17.7 Å². The van der Waals surface area contributed by atoms with Crippen molar-refractivity contribution >= 4 is 33.2 Å². The maximum Gasteiger partial charge on any atom is 0.261 e. The molecule has 0 aliphatic carbocycles. The van der Waals surface area contributed by atoms with E-state index in [2.05, 4.69) is 10.0 Å². The lowest BCUT2D eigenvalue weighted by atomic mass is 10.2. The summed E-state index contributed by atoms with van der Waals surface area (Å²) in [6.07, 6.45) is 0.707. The van der Waals surface area contributed by atoms with Crippen LogP contribution in [0.1, 0.15) is 16.8 Å². The molecule has 0 bridgehead atoms. The fourth-order valence-electron chi connectivity index (χ4n) is 2.07.